The van der Waals surface area contributed by atoms with E-state index in [1.807, 2.05) is 19.9 Å². The molecule has 0 spiro atoms. The molecule has 0 atom stereocenters. The second-order valence-electron chi connectivity index (χ2n) is 7.93. The number of fused-ring (bicyclic) bond motifs is 2. The smallest absolute Gasteiger partial charge is 0.323 e. The van der Waals surface area contributed by atoms with Crippen LogP contribution in [0.5, 0.6) is 0 Å². The maximum absolute atomic E-state index is 11.6. The Bertz CT molecular complexity index is 1060. The number of carbonyl (C=O) groups is 3. The van der Waals surface area contributed by atoms with E-state index in [9.17, 15) is 14.4 Å². The van der Waals surface area contributed by atoms with E-state index in [0.717, 1.165) is 66.0 Å². The van der Waals surface area contributed by atoms with Gasteiger partial charge in [0, 0.05) is 40.3 Å². The summed E-state index contributed by atoms with van der Waals surface area (Å²) in [6, 6.07) is 3.70. The van der Waals surface area contributed by atoms with Gasteiger partial charge < -0.3 is 24.6 Å². The number of ketones is 1. The molecule has 0 aromatic carbocycles. The van der Waals surface area contributed by atoms with Crippen LogP contribution in [-0.4, -0.2) is 48.0 Å². The van der Waals surface area contributed by atoms with Gasteiger partial charge in [0.15, 0.2) is 5.78 Å². The Balaban J connectivity index is 0.000000176. The number of aromatic nitrogens is 2. The van der Waals surface area contributed by atoms with Crippen molar-refractivity contribution in [3.63, 3.8) is 0 Å². The molecule has 166 valence electrons. The molecule has 2 aromatic rings. The summed E-state index contributed by atoms with van der Waals surface area (Å²) in [7, 11) is 0. The molecular formula is C22H27N3O6. The molecule has 9 heteroatoms. The van der Waals surface area contributed by atoms with Gasteiger partial charge in [-0.2, -0.15) is 0 Å². The zero-order valence-electron chi connectivity index (χ0n) is 17.7. The van der Waals surface area contributed by atoms with Crippen molar-refractivity contribution in [3.8, 4) is 0 Å². The summed E-state index contributed by atoms with van der Waals surface area (Å²) in [6.45, 7) is 3.64. The Labute approximate surface area is 179 Å². The maximum atomic E-state index is 11.6. The molecule has 2 aliphatic carbocycles. The first kappa shape index (κ1) is 22.3. The highest BCUT2D eigenvalue weighted by Crippen LogP contribution is 2.26. The first-order valence-electron chi connectivity index (χ1n) is 10.3. The maximum Gasteiger partial charge on any atom is 0.323 e. The lowest BCUT2D eigenvalue weighted by Crippen LogP contribution is -2.17. The van der Waals surface area contributed by atoms with Crippen molar-refractivity contribution in [1.82, 2.24) is 9.13 Å². The van der Waals surface area contributed by atoms with Crippen LogP contribution in [0.1, 0.15) is 64.4 Å². The topological polar surface area (TPSA) is 134 Å². The van der Waals surface area contributed by atoms with Gasteiger partial charge in [0.05, 0.1) is 5.71 Å². The fourth-order valence-electron chi connectivity index (χ4n) is 4.41. The third kappa shape index (κ3) is 4.70. The number of hydrogen-bond donors (Lipinski definition) is 3. The highest BCUT2D eigenvalue weighted by molar-refractivity contribution is 6.02. The molecule has 2 aliphatic rings. The predicted octanol–water partition coefficient (Wildman–Crippen LogP) is 2.80. The molecule has 2 aromatic heterocycles. The number of Topliss-reactive ketones (excluding diaryl/α,β-unsaturated/α-hetero) is 1. The number of aliphatic carboxylic acids is 2. The van der Waals surface area contributed by atoms with Crippen LogP contribution in [0.15, 0.2) is 17.3 Å². The highest BCUT2D eigenvalue weighted by Gasteiger charge is 2.24. The second-order valence-corrected chi connectivity index (χ2v) is 7.93. The third-order valence-corrected chi connectivity index (χ3v) is 5.79. The number of carboxylic acid groups (broad SMARTS) is 2. The summed E-state index contributed by atoms with van der Waals surface area (Å²) < 4.78 is 3.51. The molecule has 9 nitrogen and oxygen atoms in total. The van der Waals surface area contributed by atoms with Crippen molar-refractivity contribution < 1.29 is 29.8 Å². The molecule has 4 rings (SSSR count). The third-order valence-electron chi connectivity index (χ3n) is 5.79. The van der Waals surface area contributed by atoms with Gasteiger partial charge in [-0.3, -0.25) is 14.4 Å². The number of carboxylic acids is 2. The molecule has 0 saturated heterocycles. The highest BCUT2D eigenvalue weighted by atomic mass is 16.4. The molecule has 0 fully saturated rings. The van der Waals surface area contributed by atoms with Crippen molar-refractivity contribution in [2.75, 3.05) is 0 Å². The summed E-state index contributed by atoms with van der Waals surface area (Å²) in [5, 5.41) is 29.8. The minimum absolute atomic E-state index is 0.0279. The van der Waals surface area contributed by atoms with E-state index >= 15 is 0 Å². The summed E-state index contributed by atoms with van der Waals surface area (Å²) in [4.78, 5) is 33.0. The molecule has 31 heavy (non-hydrogen) atoms. The molecule has 0 aliphatic heterocycles. The van der Waals surface area contributed by atoms with Gasteiger partial charge >= 0.3 is 11.9 Å². The Morgan fingerprint density at radius 1 is 0.871 bits per heavy atom. The fourth-order valence-corrected chi connectivity index (χ4v) is 4.41. The van der Waals surface area contributed by atoms with Gasteiger partial charge in [0.25, 0.3) is 0 Å². The van der Waals surface area contributed by atoms with Crippen molar-refractivity contribution in [2.45, 2.75) is 65.5 Å². The normalized spacial score (nSPS) is 16.3. The number of rotatable bonds is 4. The molecular weight excluding hydrogens is 402 g/mol. The number of carbonyl (C=O) groups excluding carboxylic acids is 1. The van der Waals surface area contributed by atoms with Crippen LogP contribution in [0, 0.1) is 13.8 Å². The summed E-state index contributed by atoms with van der Waals surface area (Å²) in [6.07, 6.45) is 4.71. The fraction of sp³-hybridized carbons (Fsp3) is 0.455. The van der Waals surface area contributed by atoms with E-state index in [1.165, 1.54) is 0 Å². The van der Waals surface area contributed by atoms with Crippen molar-refractivity contribution in [1.29, 1.82) is 0 Å². The monoisotopic (exact) mass is 429 g/mol. The van der Waals surface area contributed by atoms with Gasteiger partial charge in [0.1, 0.15) is 13.1 Å². The van der Waals surface area contributed by atoms with E-state index in [1.54, 1.807) is 15.2 Å². The van der Waals surface area contributed by atoms with Crippen LogP contribution in [-0.2, 0) is 35.5 Å². The first-order chi connectivity index (χ1) is 14.7. The van der Waals surface area contributed by atoms with E-state index in [2.05, 4.69) is 5.16 Å². The zero-order valence-corrected chi connectivity index (χ0v) is 17.7. The standard InChI is InChI=1S/C11H14N2O3.C11H13NO3/c1-7-5-8-9(12-16)3-2-4-10(8)13(7)6-11(14)15;1-7-5-8-9(3-2-4-10(8)13)12(7)6-11(14)15/h5,16H,2-4,6H2,1H3,(H,14,15);5H,2-4,6H2,1H3,(H,14,15)/b12-9+;. The first-order valence-corrected chi connectivity index (χ1v) is 10.3. The van der Waals surface area contributed by atoms with Crippen LogP contribution in [0.2, 0.25) is 0 Å². The Morgan fingerprint density at radius 2 is 1.35 bits per heavy atom. The average molecular weight is 429 g/mol. The molecule has 0 radical (unpaired) electrons. The molecule has 0 unspecified atom stereocenters. The Kier molecular flexibility index (Phi) is 6.62. The summed E-state index contributed by atoms with van der Waals surface area (Å²) in [5.41, 5.74) is 5.90. The van der Waals surface area contributed by atoms with Gasteiger partial charge in [-0.05, 0) is 58.1 Å². The molecule has 0 saturated carbocycles. The number of oxime groups is 1. The largest absolute Gasteiger partial charge is 0.480 e. The molecule has 3 N–H and O–H groups in total. The lowest BCUT2D eigenvalue weighted by molar-refractivity contribution is -0.138. The summed E-state index contributed by atoms with van der Waals surface area (Å²) >= 11 is 0. The second kappa shape index (κ2) is 9.20. The Morgan fingerprint density at radius 3 is 1.87 bits per heavy atom. The average Bonchev–Trinajstić information content (AvgIpc) is 3.19. The van der Waals surface area contributed by atoms with E-state index in [0.29, 0.717) is 12.1 Å². The van der Waals surface area contributed by atoms with Crippen LogP contribution in [0.4, 0.5) is 0 Å². The van der Waals surface area contributed by atoms with Crippen molar-refractivity contribution in [3.05, 3.63) is 46.0 Å². The minimum Gasteiger partial charge on any atom is -0.480 e. The van der Waals surface area contributed by atoms with E-state index in [4.69, 9.17) is 15.4 Å². The SMILES string of the molecule is Cc1cc2c(n1CC(=O)O)CCC/C2=N\O.Cc1cc2c(n1CC(=O)O)CCCC2=O. The van der Waals surface area contributed by atoms with Gasteiger partial charge in [-0.1, -0.05) is 5.16 Å². The van der Waals surface area contributed by atoms with Crippen LogP contribution >= 0.6 is 0 Å². The summed E-state index contributed by atoms with van der Waals surface area (Å²) in [5.74, 6) is -1.58. The van der Waals surface area contributed by atoms with Crippen molar-refractivity contribution in [2.24, 2.45) is 5.16 Å². The molecule has 0 amide bonds. The van der Waals surface area contributed by atoms with E-state index < -0.39 is 11.9 Å². The zero-order chi connectivity index (χ0) is 22.7. The van der Waals surface area contributed by atoms with E-state index in [-0.39, 0.29) is 18.9 Å². The van der Waals surface area contributed by atoms with Crippen LogP contribution < -0.4 is 0 Å². The number of nitrogens with zero attached hydrogens (tertiary/aromatic N) is 3. The van der Waals surface area contributed by atoms with Crippen LogP contribution in [0.3, 0.4) is 0 Å². The van der Waals surface area contributed by atoms with Gasteiger partial charge in [-0.15, -0.1) is 0 Å². The van der Waals surface area contributed by atoms with Crippen LogP contribution in [0.25, 0.3) is 0 Å². The minimum atomic E-state index is -0.866. The number of hydrogen-bond acceptors (Lipinski definition) is 5. The quantitative estimate of drug-likeness (QED) is 0.505. The lowest BCUT2D eigenvalue weighted by atomic mass is 9.96. The van der Waals surface area contributed by atoms with Gasteiger partial charge in [0.2, 0.25) is 0 Å². The molecule has 0 bridgehead atoms. The predicted molar refractivity (Wildman–Crippen MR) is 112 cm³/mol. The lowest BCUT2D eigenvalue weighted by Gasteiger charge is -2.15. The number of aryl methyl sites for hydroxylation is 2. The van der Waals surface area contributed by atoms with Crippen molar-refractivity contribution >= 4 is 23.4 Å². The Hall–Kier alpha value is -3.36. The van der Waals surface area contributed by atoms with Gasteiger partial charge in [-0.25, -0.2) is 0 Å². The molecule has 2 heterocycles.